The van der Waals surface area contributed by atoms with E-state index in [0.29, 0.717) is 5.92 Å². The molecule has 94 valence electrons. The fourth-order valence-corrected chi connectivity index (χ4v) is 2.27. The molecule has 0 atom stereocenters. The molecule has 5 nitrogen and oxygen atoms in total. The molecule has 0 aliphatic carbocycles. The van der Waals surface area contributed by atoms with Gasteiger partial charge >= 0.3 is 0 Å². The fraction of sp³-hybridized carbons (Fsp3) is 0.462. The van der Waals surface area contributed by atoms with Crippen molar-refractivity contribution in [1.29, 1.82) is 0 Å². The number of nitrogens with zero attached hydrogens (tertiary/aromatic N) is 5. The Morgan fingerprint density at radius 3 is 2.83 bits per heavy atom. The van der Waals surface area contributed by atoms with E-state index in [1.807, 2.05) is 30.1 Å². The summed E-state index contributed by atoms with van der Waals surface area (Å²) >= 11 is 0. The highest BCUT2D eigenvalue weighted by Gasteiger charge is 2.28. The summed E-state index contributed by atoms with van der Waals surface area (Å²) in [5, 5.41) is 4.32. The Labute approximate surface area is 106 Å². The molecule has 3 rings (SSSR count). The van der Waals surface area contributed by atoms with Crippen LogP contribution in [0.3, 0.4) is 0 Å². The van der Waals surface area contributed by atoms with Gasteiger partial charge in [-0.3, -0.25) is 4.68 Å². The van der Waals surface area contributed by atoms with Crippen LogP contribution in [0.5, 0.6) is 0 Å². The van der Waals surface area contributed by atoms with Crippen LogP contribution in [0.2, 0.25) is 0 Å². The van der Waals surface area contributed by atoms with Gasteiger partial charge in [0.25, 0.3) is 0 Å². The van der Waals surface area contributed by atoms with E-state index in [9.17, 15) is 0 Å². The van der Waals surface area contributed by atoms with E-state index in [1.54, 1.807) is 0 Å². The van der Waals surface area contributed by atoms with Gasteiger partial charge in [0.15, 0.2) is 0 Å². The molecule has 2 aromatic rings. The molecule has 1 fully saturated rings. The molecule has 0 spiro atoms. The van der Waals surface area contributed by atoms with Gasteiger partial charge in [0.05, 0.1) is 6.20 Å². The van der Waals surface area contributed by atoms with Crippen LogP contribution in [0.25, 0.3) is 0 Å². The van der Waals surface area contributed by atoms with Gasteiger partial charge in [-0.15, -0.1) is 0 Å². The van der Waals surface area contributed by atoms with E-state index < -0.39 is 0 Å². The Kier molecular flexibility index (Phi) is 2.74. The van der Waals surface area contributed by atoms with Crippen molar-refractivity contribution < 1.29 is 0 Å². The van der Waals surface area contributed by atoms with Gasteiger partial charge in [-0.05, 0) is 25.5 Å². The van der Waals surface area contributed by atoms with E-state index in [-0.39, 0.29) is 0 Å². The Balaban J connectivity index is 1.57. The monoisotopic (exact) mass is 243 g/mol. The number of rotatable bonds is 3. The highest BCUT2D eigenvalue weighted by molar-refractivity contribution is 5.34. The van der Waals surface area contributed by atoms with Crippen molar-refractivity contribution >= 4 is 5.95 Å². The molecule has 0 amide bonds. The summed E-state index contributed by atoms with van der Waals surface area (Å²) in [6.45, 7) is 7.08. The van der Waals surface area contributed by atoms with Gasteiger partial charge in [-0.1, -0.05) is 0 Å². The van der Waals surface area contributed by atoms with E-state index in [0.717, 1.165) is 31.3 Å². The van der Waals surface area contributed by atoms with Crippen molar-refractivity contribution in [1.82, 2.24) is 19.7 Å². The zero-order chi connectivity index (χ0) is 12.5. The summed E-state index contributed by atoms with van der Waals surface area (Å²) in [6, 6.07) is 1.92. The van der Waals surface area contributed by atoms with Gasteiger partial charge in [0, 0.05) is 43.6 Å². The minimum Gasteiger partial charge on any atom is -0.340 e. The highest BCUT2D eigenvalue weighted by Crippen LogP contribution is 2.22. The molecule has 0 saturated carbocycles. The van der Waals surface area contributed by atoms with Crippen molar-refractivity contribution in [3.63, 3.8) is 0 Å². The fourth-order valence-electron chi connectivity index (χ4n) is 2.27. The molecular formula is C13H17N5. The maximum Gasteiger partial charge on any atom is 0.225 e. The Hall–Kier alpha value is -1.91. The summed E-state index contributed by atoms with van der Waals surface area (Å²) in [5.41, 5.74) is 2.24. The molecule has 1 saturated heterocycles. The van der Waals surface area contributed by atoms with E-state index in [4.69, 9.17) is 0 Å². The van der Waals surface area contributed by atoms with Gasteiger partial charge in [0.1, 0.15) is 0 Å². The van der Waals surface area contributed by atoms with Crippen molar-refractivity contribution in [3.05, 3.63) is 35.9 Å². The lowest BCUT2D eigenvalue weighted by molar-refractivity contribution is 0.338. The Morgan fingerprint density at radius 1 is 1.33 bits per heavy atom. The van der Waals surface area contributed by atoms with Crippen molar-refractivity contribution in [2.24, 2.45) is 5.92 Å². The molecule has 0 radical (unpaired) electrons. The summed E-state index contributed by atoms with van der Waals surface area (Å²) in [5.74, 6) is 1.50. The van der Waals surface area contributed by atoms with Crippen LogP contribution in [0, 0.1) is 19.8 Å². The molecule has 1 aliphatic rings. The third-order valence-corrected chi connectivity index (χ3v) is 3.23. The molecule has 0 unspecified atom stereocenters. The minimum absolute atomic E-state index is 0.647. The largest absolute Gasteiger partial charge is 0.340 e. The van der Waals surface area contributed by atoms with Gasteiger partial charge in [0.2, 0.25) is 5.95 Å². The topological polar surface area (TPSA) is 46.8 Å². The van der Waals surface area contributed by atoms with Crippen molar-refractivity contribution in [2.45, 2.75) is 20.4 Å². The zero-order valence-electron chi connectivity index (χ0n) is 10.7. The van der Waals surface area contributed by atoms with Gasteiger partial charge in [-0.2, -0.15) is 5.10 Å². The maximum absolute atomic E-state index is 4.43. The lowest BCUT2D eigenvalue weighted by atomic mass is 10.0. The number of aromatic nitrogens is 4. The lowest BCUT2D eigenvalue weighted by Crippen LogP contribution is -2.49. The molecule has 0 aromatic carbocycles. The van der Waals surface area contributed by atoms with Crippen LogP contribution in [0.15, 0.2) is 24.7 Å². The average Bonchev–Trinajstić information content (AvgIpc) is 2.69. The molecule has 5 heteroatoms. The van der Waals surface area contributed by atoms with Crippen LogP contribution in [0.1, 0.15) is 11.3 Å². The third-order valence-electron chi connectivity index (χ3n) is 3.23. The van der Waals surface area contributed by atoms with Gasteiger partial charge in [-0.25, -0.2) is 9.97 Å². The number of anilines is 1. The van der Waals surface area contributed by atoms with E-state index in [1.165, 1.54) is 5.56 Å². The van der Waals surface area contributed by atoms with Crippen molar-refractivity contribution in [3.8, 4) is 0 Å². The Bertz CT molecular complexity index is 542. The molecule has 0 bridgehead atoms. The smallest absolute Gasteiger partial charge is 0.225 e. The number of aryl methyl sites for hydroxylation is 2. The predicted molar refractivity (Wildman–Crippen MR) is 69.4 cm³/mol. The first kappa shape index (κ1) is 11.2. The quantitative estimate of drug-likeness (QED) is 0.818. The second-order valence-corrected chi connectivity index (χ2v) is 5.01. The third kappa shape index (κ3) is 2.20. The first-order valence-corrected chi connectivity index (χ1v) is 6.24. The standard InChI is InChI=1S/C13H17N5/c1-10-5-15-18(6-10)9-12-7-17(8-12)13-14-4-3-11(2)16-13/h3-6,12H,7-9H2,1-2H3. The SMILES string of the molecule is Cc1cnn(CC2CN(c3nccc(C)n3)C2)c1. The summed E-state index contributed by atoms with van der Waals surface area (Å²) < 4.78 is 2.02. The molecule has 0 N–H and O–H groups in total. The minimum atomic E-state index is 0.647. The molecular weight excluding hydrogens is 226 g/mol. The number of hydrogen-bond acceptors (Lipinski definition) is 4. The zero-order valence-corrected chi connectivity index (χ0v) is 10.7. The van der Waals surface area contributed by atoms with Crippen molar-refractivity contribution in [2.75, 3.05) is 18.0 Å². The molecule has 1 aliphatic heterocycles. The summed E-state index contributed by atoms with van der Waals surface area (Å²) in [4.78, 5) is 10.9. The molecule has 3 heterocycles. The highest BCUT2D eigenvalue weighted by atomic mass is 15.3. The van der Waals surface area contributed by atoms with Crippen LogP contribution in [-0.4, -0.2) is 32.8 Å². The van der Waals surface area contributed by atoms with E-state index >= 15 is 0 Å². The first-order chi connectivity index (χ1) is 8.70. The summed E-state index contributed by atoms with van der Waals surface area (Å²) in [7, 11) is 0. The van der Waals surface area contributed by atoms with Gasteiger partial charge < -0.3 is 4.90 Å². The summed E-state index contributed by atoms with van der Waals surface area (Å²) in [6.07, 6.45) is 5.81. The Morgan fingerprint density at radius 2 is 2.17 bits per heavy atom. The first-order valence-electron chi connectivity index (χ1n) is 6.24. The second-order valence-electron chi connectivity index (χ2n) is 5.01. The van der Waals surface area contributed by atoms with Crippen LogP contribution >= 0.6 is 0 Å². The average molecular weight is 243 g/mol. The van der Waals surface area contributed by atoms with E-state index in [2.05, 4.69) is 33.1 Å². The van der Waals surface area contributed by atoms with Crippen LogP contribution in [-0.2, 0) is 6.54 Å². The predicted octanol–water partition coefficient (Wildman–Crippen LogP) is 1.43. The maximum atomic E-state index is 4.43. The molecule has 18 heavy (non-hydrogen) atoms. The second kappa shape index (κ2) is 4.40. The van der Waals surface area contributed by atoms with Crippen LogP contribution in [0.4, 0.5) is 5.95 Å². The normalized spacial score (nSPS) is 15.8. The number of hydrogen-bond donors (Lipinski definition) is 0. The lowest BCUT2D eigenvalue weighted by Gasteiger charge is -2.39. The molecule has 2 aromatic heterocycles. The van der Waals surface area contributed by atoms with Crippen LogP contribution < -0.4 is 4.90 Å².